The van der Waals surface area contributed by atoms with E-state index in [0.717, 1.165) is 16.5 Å². The second-order valence-electron chi connectivity index (χ2n) is 3.16. The molecule has 1 radical (unpaired) electrons. The lowest BCUT2D eigenvalue weighted by Gasteiger charge is -2.00. The molecule has 0 aliphatic carbocycles. The normalized spacial score (nSPS) is 10.7. The van der Waals surface area contributed by atoms with Gasteiger partial charge >= 0.3 is 0 Å². The Morgan fingerprint density at radius 1 is 1.07 bits per heavy atom. The number of aromatic nitrogens is 4. The largest absolute Gasteiger partial charge is 0.162 e. The molecule has 0 saturated carbocycles. The lowest BCUT2D eigenvalue weighted by molar-refractivity contribution is 0.720. The Morgan fingerprint density at radius 3 is 2.87 bits per heavy atom. The molecule has 2 aromatic carbocycles. The standard InChI is InChI=1S/C11H7N4/c1-2-4-10-7-11(6-5-9(10)3-1)15-13-8-12-14-15/h1-6,8H. The Balaban J connectivity index is 2.22. The van der Waals surface area contributed by atoms with Crippen molar-refractivity contribution in [1.82, 2.24) is 20.2 Å². The summed E-state index contributed by atoms with van der Waals surface area (Å²) < 4.78 is 0. The summed E-state index contributed by atoms with van der Waals surface area (Å²) in [6.07, 6.45) is 1.41. The fraction of sp³-hybridized carbons (Fsp3) is 0. The molecule has 4 nitrogen and oxygen atoms in total. The first-order valence-electron chi connectivity index (χ1n) is 4.58. The molecule has 3 aromatic rings. The van der Waals surface area contributed by atoms with E-state index in [1.807, 2.05) is 36.4 Å². The maximum absolute atomic E-state index is 3.96. The van der Waals surface area contributed by atoms with Crippen molar-refractivity contribution in [3.8, 4) is 5.69 Å². The van der Waals surface area contributed by atoms with E-state index in [4.69, 9.17) is 0 Å². The van der Waals surface area contributed by atoms with E-state index >= 15 is 0 Å². The van der Waals surface area contributed by atoms with Crippen LogP contribution in [0.2, 0.25) is 0 Å². The van der Waals surface area contributed by atoms with Crippen molar-refractivity contribution in [1.29, 1.82) is 0 Å². The van der Waals surface area contributed by atoms with Crippen LogP contribution in [0.5, 0.6) is 0 Å². The number of benzene rings is 2. The minimum absolute atomic E-state index is 0.797. The summed E-state index contributed by atoms with van der Waals surface area (Å²) in [4.78, 5) is 1.45. The molecule has 3 rings (SSSR count). The molecule has 0 saturated heterocycles. The van der Waals surface area contributed by atoms with Gasteiger partial charge in [-0.3, -0.25) is 0 Å². The van der Waals surface area contributed by atoms with Gasteiger partial charge in [0.2, 0.25) is 0 Å². The molecule has 71 valence electrons. The Bertz CT molecular complexity index is 586. The number of fused-ring (bicyclic) bond motifs is 1. The minimum Gasteiger partial charge on any atom is -0.135 e. The van der Waals surface area contributed by atoms with Gasteiger partial charge in [0, 0.05) is 6.07 Å². The molecule has 0 atom stereocenters. The molecule has 1 heterocycles. The van der Waals surface area contributed by atoms with Gasteiger partial charge in [0.05, 0.1) is 5.69 Å². The number of tetrazole rings is 1. The molecular weight excluding hydrogens is 188 g/mol. The van der Waals surface area contributed by atoms with Gasteiger partial charge in [0.15, 0.2) is 6.33 Å². The lowest BCUT2D eigenvalue weighted by atomic mass is 10.1. The molecule has 1 aromatic heterocycles. The summed E-state index contributed by atoms with van der Waals surface area (Å²) in [6.45, 7) is 0. The van der Waals surface area contributed by atoms with Crippen molar-refractivity contribution < 1.29 is 0 Å². The summed E-state index contributed by atoms with van der Waals surface area (Å²) in [5.41, 5.74) is 0.797. The predicted molar refractivity (Wildman–Crippen MR) is 55.5 cm³/mol. The minimum atomic E-state index is 0.797. The molecule has 4 heteroatoms. The molecule has 0 unspecified atom stereocenters. The molecule has 0 bridgehead atoms. The van der Waals surface area contributed by atoms with Crippen molar-refractivity contribution >= 4 is 10.8 Å². The van der Waals surface area contributed by atoms with Crippen molar-refractivity contribution in [3.05, 3.63) is 48.8 Å². The molecule has 0 aliphatic heterocycles. The SMILES string of the molecule is [c]1c(-n2ncnn2)ccc2ccccc12. The van der Waals surface area contributed by atoms with Crippen LogP contribution in [-0.2, 0) is 0 Å². The second kappa shape index (κ2) is 3.16. The van der Waals surface area contributed by atoms with E-state index < -0.39 is 0 Å². The average molecular weight is 195 g/mol. The average Bonchev–Trinajstić information content (AvgIpc) is 2.82. The number of hydrogen-bond acceptors (Lipinski definition) is 3. The highest BCUT2D eigenvalue weighted by Gasteiger charge is 2.00. The van der Waals surface area contributed by atoms with E-state index in [9.17, 15) is 0 Å². The highest BCUT2D eigenvalue weighted by Crippen LogP contribution is 2.15. The Morgan fingerprint density at radius 2 is 2.00 bits per heavy atom. The fourth-order valence-corrected chi connectivity index (χ4v) is 1.50. The summed E-state index contributed by atoms with van der Waals surface area (Å²) in [5, 5.41) is 13.6. The summed E-state index contributed by atoms with van der Waals surface area (Å²) in [5.74, 6) is 0. The van der Waals surface area contributed by atoms with Crippen molar-refractivity contribution in [3.63, 3.8) is 0 Å². The first-order valence-corrected chi connectivity index (χ1v) is 4.58. The Hall–Kier alpha value is -2.23. The van der Waals surface area contributed by atoms with Gasteiger partial charge in [0.1, 0.15) is 0 Å². The van der Waals surface area contributed by atoms with Crippen LogP contribution >= 0.6 is 0 Å². The first kappa shape index (κ1) is 8.11. The van der Waals surface area contributed by atoms with Crippen molar-refractivity contribution in [2.24, 2.45) is 0 Å². The van der Waals surface area contributed by atoms with Gasteiger partial charge in [-0.15, -0.1) is 15.0 Å². The van der Waals surface area contributed by atoms with Crippen LogP contribution in [0.4, 0.5) is 0 Å². The van der Waals surface area contributed by atoms with E-state index in [0.29, 0.717) is 0 Å². The third kappa shape index (κ3) is 1.36. The first-order chi connectivity index (χ1) is 7.43. The van der Waals surface area contributed by atoms with Gasteiger partial charge in [-0.25, -0.2) is 0 Å². The van der Waals surface area contributed by atoms with E-state index in [1.54, 1.807) is 0 Å². The molecule has 0 N–H and O–H groups in total. The van der Waals surface area contributed by atoms with Crippen LogP contribution in [0.15, 0.2) is 42.7 Å². The summed E-state index contributed by atoms with van der Waals surface area (Å²) >= 11 is 0. The van der Waals surface area contributed by atoms with Gasteiger partial charge in [-0.05, 0) is 22.1 Å². The topological polar surface area (TPSA) is 43.6 Å². The van der Waals surface area contributed by atoms with Crippen molar-refractivity contribution in [2.45, 2.75) is 0 Å². The summed E-state index contributed by atoms with van der Waals surface area (Å²) in [6, 6.07) is 15.2. The third-order valence-electron chi connectivity index (χ3n) is 2.21. The highest BCUT2D eigenvalue weighted by atomic mass is 15.6. The van der Waals surface area contributed by atoms with Gasteiger partial charge in [-0.2, -0.15) is 0 Å². The Labute approximate surface area is 86.2 Å². The molecule has 0 spiro atoms. The maximum atomic E-state index is 3.96. The zero-order chi connectivity index (χ0) is 10.1. The number of hydrogen-bond donors (Lipinski definition) is 0. The van der Waals surface area contributed by atoms with Crippen LogP contribution in [0.1, 0.15) is 0 Å². The zero-order valence-corrected chi connectivity index (χ0v) is 7.83. The monoisotopic (exact) mass is 195 g/mol. The predicted octanol–water partition coefficient (Wildman–Crippen LogP) is 1.62. The number of rotatable bonds is 1. The fourth-order valence-electron chi connectivity index (χ4n) is 1.50. The lowest BCUT2D eigenvalue weighted by Crippen LogP contribution is -1.98. The maximum Gasteiger partial charge on any atom is 0.162 e. The smallest absolute Gasteiger partial charge is 0.135 e. The zero-order valence-electron chi connectivity index (χ0n) is 7.83. The summed E-state index contributed by atoms with van der Waals surface area (Å²) in [7, 11) is 0. The molecule has 0 fully saturated rings. The van der Waals surface area contributed by atoms with Crippen LogP contribution in [-0.4, -0.2) is 20.2 Å². The van der Waals surface area contributed by atoms with Gasteiger partial charge < -0.3 is 0 Å². The highest BCUT2D eigenvalue weighted by molar-refractivity contribution is 5.83. The molecular formula is C11H7N4. The quantitative estimate of drug-likeness (QED) is 0.592. The third-order valence-corrected chi connectivity index (χ3v) is 2.21. The van der Waals surface area contributed by atoms with E-state index in [-0.39, 0.29) is 0 Å². The second-order valence-corrected chi connectivity index (χ2v) is 3.16. The van der Waals surface area contributed by atoms with E-state index in [1.165, 1.54) is 11.1 Å². The van der Waals surface area contributed by atoms with Crippen LogP contribution in [0.3, 0.4) is 0 Å². The molecule has 0 amide bonds. The number of nitrogens with zero attached hydrogens (tertiary/aromatic N) is 4. The van der Waals surface area contributed by atoms with Crippen LogP contribution in [0, 0.1) is 6.07 Å². The van der Waals surface area contributed by atoms with Gasteiger partial charge in [-0.1, -0.05) is 30.3 Å². The molecule has 0 aliphatic rings. The van der Waals surface area contributed by atoms with Crippen molar-refractivity contribution in [2.75, 3.05) is 0 Å². The van der Waals surface area contributed by atoms with Crippen LogP contribution < -0.4 is 0 Å². The Kier molecular flexibility index (Phi) is 1.71. The van der Waals surface area contributed by atoms with E-state index in [2.05, 4.69) is 21.5 Å². The van der Waals surface area contributed by atoms with Crippen LogP contribution in [0.25, 0.3) is 16.5 Å². The molecule has 15 heavy (non-hydrogen) atoms. The van der Waals surface area contributed by atoms with Gasteiger partial charge in [0.25, 0.3) is 0 Å².